The van der Waals surface area contributed by atoms with E-state index in [2.05, 4.69) is 38.3 Å². The Bertz CT molecular complexity index is 1490. The summed E-state index contributed by atoms with van der Waals surface area (Å²) >= 11 is 0. The number of benzene rings is 3. The highest BCUT2D eigenvalue weighted by atomic mass is 16.2. The van der Waals surface area contributed by atoms with Crippen LogP contribution in [0.2, 0.25) is 0 Å². The van der Waals surface area contributed by atoms with Crippen molar-refractivity contribution in [1.29, 1.82) is 0 Å². The summed E-state index contributed by atoms with van der Waals surface area (Å²) in [5.41, 5.74) is 12.5. The number of carbonyl (C=O) groups is 2. The van der Waals surface area contributed by atoms with Crippen molar-refractivity contribution in [2.75, 3.05) is 31.1 Å². The Morgan fingerprint density at radius 2 is 1.76 bits per heavy atom. The zero-order valence-corrected chi connectivity index (χ0v) is 20.6. The Hall–Kier alpha value is -4.23. The first-order valence-electron chi connectivity index (χ1n) is 12.8. The SMILES string of the molecule is NC(=O)c1ccc(N(CCN2CCCC2)c2ccc(-c3ccnc4ccccc34)c3c2C(=O)NC3)cc1. The Morgan fingerprint density at radius 3 is 2.54 bits per heavy atom. The van der Waals surface area contributed by atoms with Crippen LogP contribution in [0.5, 0.6) is 0 Å². The summed E-state index contributed by atoms with van der Waals surface area (Å²) in [6.07, 6.45) is 4.27. The van der Waals surface area contributed by atoms with E-state index in [0.29, 0.717) is 17.7 Å². The van der Waals surface area contributed by atoms with Crippen molar-refractivity contribution >= 4 is 34.1 Å². The molecule has 186 valence electrons. The third-order valence-electron chi connectivity index (χ3n) is 7.48. The number of rotatable bonds is 7. The molecule has 0 unspecified atom stereocenters. The number of fused-ring (bicyclic) bond motifs is 2. The average molecular weight is 492 g/mol. The molecule has 2 amide bonds. The summed E-state index contributed by atoms with van der Waals surface area (Å²) in [4.78, 5) is 34.1. The van der Waals surface area contributed by atoms with Crippen molar-refractivity contribution in [1.82, 2.24) is 15.2 Å². The second kappa shape index (κ2) is 9.67. The molecular formula is C30H29N5O2. The molecule has 37 heavy (non-hydrogen) atoms. The van der Waals surface area contributed by atoms with Gasteiger partial charge in [0.1, 0.15) is 0 Å². The van der Waals surface area contributed by atoms with Gasteiger partial charge in [-0.15, -0.1) is 0 Å². The molecule has 3 N–H and O–H groups in total. The number of nitrogens with zero attached hydrogens (tertiary/aromatic N) is 3. The summed E-state index contributed by atoms with van der Waals surface area (Å²) in [6.45, 7) is 4.30. The summed E-state index contributed by atoms with van der Waals surface area (Å²) in [5.74, 6) is -0.519. The molecule has 0 aliphatic carbocycles. The van der Waals surface area contributed by atoms with Gasteiger partial charge in [-0.2, -0.15) is 0 Å². The molecule has 1 fully saturated rings. The highest BCUT2D eigenvalue weighted by Gasteiger charge is 2.29. The van der Waals surface area contributed by atoms with Crippen LogP contribution in [0.1, 0.15) is 39.1 Å². The molecule has 7 heteroatoms. The van der Waals surface area contributed by atoms with Crippen molar-refractivity contribution in [2.45, 2.75) is 19.4 Å². The molecule has 0 radical (unpaired) electrons. The van der Waals surface area contributed by atoms with Gasteiger partial charge < -0.3 is 20.9 Å². The highest BCUT2D eigenvalue weighted by Crippen LogP contribution is 2.40. The highest BCUT2D eigenvalue weighted by molar-refractivity contribution is 6.08. The van der Waals surface area contributed by atoms with Crippen LogP contribution in [-0.2, 0) is 6.54 Å². The van der Waals surface area contributed by atoms with Crippen LogP contribution in [0.25, 0.3) is 22.0 Å². The molecule has 2 aliphatic heterocycles. The number of amides is 2. The van der Waals surface area contributed by atoms with Crippen LogP contribution < -0.4 is 16.0 Å². The third-order valence-corrected chi connectivity index (χ3v) is 7.48. The number of hydrogen-bond donors (Lipinski definition) is 2. The number of primary amides is 1. The molecule has 0 bridgehead atoms. The van der Waals surface area contributed by atoms with Crippen LogP contribution in [0, 0.1) is 0 Å². The van der Waals surface area contributed by atoms with Crippen molar-refractivity contribution in [3.05, 3.63) is 89.6 Å². The first-order valence-corrected chi connectivity index (χ1v) is 12.8. The molecule has 4 aromatic rings. The second-order valence-corrected chi connectivity index (χ2v) is 9.66. The van der Waals surface area contributed by atoms with E-state index in [1.807, 2.05) is 42.6 Å². The van der Waals surface area contributed by atoms with E-state index in [4.69, 9.17) is 5.73 Å². The Labute approximate surface area is 215 Å². The molecule has 0 saturated carbocycles. The molecule has 0 atom stereocenters. The average Bonchev–Trinajstić information content (AvgIpc) is 3.59. The minimum atomic E-state index is -0.454. The van der Waals surface area contributed by atoms with E-state index in [1.165, 1.54) is 12.8 Å². The summed E-state index contributed by atoms with van der Waals surface area (Å²) in [6, 6.07) is 21.6. The number of para-hydroxylation sites is 1. The lowest BCUT2D eigenvalue weighted by Crippen LogP contribution is -2.32. The molecule has 6 rings (SSSR count). The van der Waals surface area contributed by atoms with Gasteiger partial charge in [0.2, 0.25) is 5.91 Å². The number of nitrogens with one attached hydrogen (secondary N) is 1. The first-order chi connectivity index (χ1) is 18.1. The van der Waals surface area contributed by atoms with Crippen molar-refractivity contribution in [2.24, 2.45) is 5.73 Å². The molecule has 1 aromatic heterocycles. The summed E-state index contributed by atoms with van der Waals surface area (Å²) < 4.78 is 0. The lowest BCUT2D eigenvalue weighted by molar-refractivity contribution is 0.0964. The predicted octanol–water partition coefficient (Wildman–Crippen LogP) is 4.48. The van der Waals surface area contributed by atoms with Crippen molar-refractivity contribution < 1.29 is 9.59 Å². The maximum absolute atomic E-state index is 13.3. The van der Waals surface area contributed by atoms with Crippen LogP contribution in [0.3, 0.4) is 0 Å². The molecule has 0 spiro atoms. The second-order valence-electron chi connectivity index (χ2n) is 9.66. The third kappa shape index (κ3) is 4.32. The number of likely N-dealkylation sites (tertiary alicyclic amines) is 1. The number of anilines is 2. The molecule has 1 saturated heterocycles. The van der Waals surface area contributed by atoms with Crippen molar-refractivity contribution in [3.8, 4) is 11.1 Å². The number of pyridine rings is 1. The number of hydrogen-bond acceptors (Lipinski definition) is 5. The molecule has 7 nitrogen and oxygen atoms in total. The van der Waals surface area contributed by atoms with Gasteiger partial charge in [-0.1, -0.05) is 24.3 Å². The van der Waals surface area contributed by atoms with Gasteiger partial charge >= 0.3 is 0 Å². The first kappa shape index (κ1) is 23.2. The maximum atomic E-state index is 13.3. The van der Waals surface area contributed by atoms with E-state index >= 15 is 0 Å². The predicted molar refractivity (Wildman–Crippen MR) is 146 cm³/mol. The van der Waals surface area contributed by atoms with E-state index in [0.717, 1.165) is 65.1 Å². The van der Waals surface area contributed by atoms with E-state index in [9.17, 15) is 9.59 Å². The summed E-state index contributed by atoms with van der Waals surface area (Å²) in [7, 11) is 0. The standard InChI is InChI=1S/C30H29N5O2/c31-29(36)20-7-9-21(10-8-20)35(18-17-34-15-3-4-16-34)27-12-11-22(25-19-33-30(37)28(25)27)23-13-14-32-26-6-2-1-5-24(23)26/h1-2,5-14H,3-4,15-19H2,(H2,31,36)(H,33,37). The largest absolute Gasteiger partial charge is 0.366 e. The Kier molecular flexibility index (Phi) is 6.06. The van der Waals surface area contributed by atoms with Crippen molar-refractivity contribution in [3.63, 3.8) is 0 Å². The van der Waals surface area contributed by atoms with Gasteiger partial charge in [-0.3, -0.25) is 14.6 Å². The minimum absolute atomic E-state index is 0.0647. The molecular weight excluding hydrogens is 462 g/mol. The monoisotopic (exact) mass is 491 g/mol. The van der Waals surface area contributed by atoms with Gasteiger partial charge in [0, 0.05) is 42.5 Å². The van der Waals surface area contributed by atoms with Gasteiger partial charge in [0.05, 0.1) is 16.8 Å². The number of carbonyl (C=O) groups excluding carboxylic acids is 2. The normalized spacial score (nSPS) is 15.1. The fourth-order valence-corrected chi connectivity index (χ4v) is 5.58. The van der Waals surface area contributed by atoms with E-state index in [1.54, 1.807) is 12.1 Å². The maximum Gasteiger partial charge on any atom is 0.254 e. The molecule has 3 heterocycles. The Balaban J connectivity index is 1.46. The van der Waals surface area contributed by atoms with Crippen LogP contribution >= 0.6 is 0 Å². The quantitative estimate of drug-likeness (QED) is 0.398. The number of nitrogens with two attached hydrogens (primary N) is 1. The minimum Gasteiger partial charge on any atom is -0.366 e. The zero-order valence-electron chi connectivity index (χ0n) is 20.6. The topological polar surface area (TPSA) is 91.6 Å². The van der Waals surface area contributed by atoms with Crippen LogP contribution in [0.15, 0.2) is 72.9 Å². The fourth-order valence-electron chi connectivity index (χ4n) is 5.58. The van der Waals surface area contributed by atoms with Crippen LogP contribution in [0.4, 0.5) is 11.4 Å². The zero-order chi connectivity index (χ0) is 25.4. The number of aromatic nitrogens is 1. The molecule has 2 aliphatic rings. The summed E-state index contributed by atoms with van der Waals surface area (Å²) in [5, 5.41) is 4.12. The van der Waals surface area contributed by atoms with E-state index in [-0.39, 0.29) is 5.91 Å². The van der Waals surface area contributed by atoms with Gasteiger partial charge in [0.15, 0.2) is 0 Å². The van der Waals surface area contributed by atoms with Gasteiger partial charge in [-0.25, -0.2) is 0 Å². The lowest BCUT2D eigenvalue weighted by atomic mass is 9.93. The van der Waals surface area contributed by atoms with E-state index < -0.39 is 5.91 Å². The Morgan fingerprint density at radius 1 is 0.973 bits per heavy atom. The fraction of sp³-hybridized carbons (Fsp3) is 0.233. The molecule has 3 aromatic carbocycles. The van der Waals surface area contributed by atoms with Gasteiger partial charge in [0.25, 0.3) is 5.91 Å². The lowest BCUT2D eigenvalue weighted by Gasteiger charge is -2.29. The van der Waals surface area contributed by atoms with Crippen LogP contribution in [-0.4, -0.2) is 47.9 Å². The smallest absolute Gasteiger partial charge is 0.254 e. The van der Waals surface area contributed by atoms with Gasteiger partial charge in [-0.05, 0) is 85.1 Å².